The van der Waals surface area contributed by atoms with E-state index in [2.05, 4.69) is 0 Å². The molecule has 0 rings (SSSR count). The van der Waals surface area contributed by atoms with Gasteiger partial charge in [-0.2, -0.15) is 0 Å². The molecule has 0 unspecified atom stereocenters. The highest BCUT2D eigenvalue weighted by Gasteiger charge is 2.25. The van der Waals surface area contributed by atoms with E-state index in [1.54, 1.807) is 0 Å². The van der Waals surface area contributed by atoms with Crippen LogP contribution in [0.3, 0.4) is 0 Å². The van der Waals surface area contributed by atoms with Crippen LogP contribution in [0.1, 0.15) is 33.1 Å². The van der Waals surface area contributed by atoms with E-state index >= 15 is 0 Å². The molecule has 0 amide bonds. The summed E-state index contributed by atoms with van der Waals surface area (Å²) in [6, 6.07) is 0. The molecular formula is C9H15ClO4. The summed E-state index contributed by atoms with van der Waals surface area (Å²) in [7, 11) is 0. The first kappa shape index (κ1) is 13.2. The fourth-order valence-electron chi connectivity index (χ4n) is 0.838. The fourth-order valence-corrected chi connectivity index (χ4v) is 0.893. The largest absolute Gasteiger partial charge is 0.481 e. The van der Waals surface area contributed by atoms with Gasteiger partial charge in [0.15, 0.2) is 0 Å². The molecule has 0 spiro atoms. The number of ether oxygens (including phenoxy) is 1. The van der Waals surface area contributed by atoms with Gasteiger partial charge in [0.2, 0.25) is 0 Å². The van der Waals surface area contributed by atoms with E-state index in [1.807, 2.05) is 13.8 Å². The number of hydrogen-bond donors (Lipinski definition) is 1. The minimum Gasteiger partial charge on any atom is -0.481 e. The number of rotatable bonds is 6. The Bertz CT molecular complexity index is 211. The van der Waals surface area contributed by atoms with Crippen LogP contribution in [0.25, 0.3) is 0 Å². The van der Waals surface area contributed by atoms with Crippen LogP contribution in [0.15, 0.2) is 0 Å². The highest BCUT2D eigenvalue weighted by Crippen LogP contribution is 2.24. The topological polar surface area (TPSA) is 63.6 Å². The number of carboxylic acids is 1. The Morgan fingerprint density at radius 3 is 2.21 bits per heavy atom. The molecule has 0 saturated carbocycles. The van der Waals surface area contributed by atoms with E-state index < -0.39 is 23.2 Å². The second-order valence-corrected chi connectivity index (χ2v) is 3.89. The number of carboxylic acid groups (broad SMARTS) is 1. The molecular weight excluding hydrogens is 208 g/mol. The third-order valence-electron chi connectivity index (χ3n) is 2.05. The summed E-state index contributed by atoms with van der Waals surface area (Å²) < 4.78 is 4.75. The van der Waals surface area contributed by atoms with Gasteiger partial charge in [-0.15, -0.1) is 11.6 Å². The molecule has 0 radical (unpaired) electrons. The number of aliphatic carboxylic acids is 1. The van der Waals surface area contributed by atoms with Crippen LogP contribution in [0, 0.1) is 0 Å². The van der Waals surface area contributed by atoms with Gasteiger partial charge in [0, 0.05) is 0 Å². The third kappa shape index (κ3) is 5.07. The van der Waals surface area contributed by atoms with Gasteiger partial charge in [-0.25, -0.2) is 0 Å². The fraction of sp³-hybridized carbons (Fsp3) is 0.778. The molecule has 0 saturated heterocycles. The molecule has 0 aliphatic heterocycles. The molecule has 82 valence electrons. The standard InChI is InChI=1S/C9H15ClO4/c1-3-9(10,4-2)6-14-8(13)5-7(11)12/h3-6H2,1-2H3,(H,11,12). The van der Waals surface area contributed by atoms with Crippen molar-refractivity contribution in [2.75, 3.05) is 6.61 Å². The Labute approximate surface area is 88.2 Å². The third-order valence-corrected chi connectivity index (χ3v) is 2.70. The smallest absolute Gasteiger partial charge is 0.317 e. The van der Waals surface area contributed by atoms with Crippen LogP contribution in [-0.2, 0) is 14.3 Å². The molecule has 0 fully saturated rings. The maximum absolute atomic E-state index is 10.9. The van der Waals surface area contributed by atoms with Crippen LogP contribution >= 0.6 is 11.6 Å². The summed E-state index contributed by atoms with van der Waals surface area (Å²) >= 11 is 6.06. The quantitative estimate of drug-likeness (QED) is 0.423. The van der Waals surface area contributed by atoms with Crippen molar-refractivity contribution in [3.63, 3.8) is 0 Å². The highest BCUT2D eigenvalue weighted by atomic mass is 35.5. The van der Waals surface area contributed by atoms with E-state index in [0.29, 0.717) is 12.8 Å². The lowest BCUT2D eigenvalue weighted by Gasteiger charge is -2.22. The second-order valence-electron chi connectivity index (χ2n) is 3.09. The zero-order chi connectivity index (χ0) is 11.2. The Morgan fingerprint density at radius 1 is 1.36 bits per heavy atom. The van der Waals surface area contributed by atoms with Gasteiger partial charge in [-0.3, -0.25) is 9.59 Å². The molecule has 0 aliphatic carbocycles. The first-order chi connectivity index (χ1) is 6.43. The Balaban J connectivity index is 3.92. The SMILES string of the molecule is CCC(Cl)(CC)COC(=O)CC(=O)O. The van der Waals surface area contributed by atoms with Crippen molar-refractivity contribution in [2.24, 2.45) is 0 Å². The van der Waals surface area contributed by atoms with Crippen molar-refractivity contribution < 1.29 is 19.4 Å². The molecule has 5 heteroatoms. The first-order valence-corrected chi connectivity index (χ1v) is 4.87. The van der Waals surface area contributed by atoms with Crippen LogP contribution in [-0.4, -0.2) is 28.5 Å². The Kier molecular flexibility index (Phi) is 5.53. The van der Waals surface area contributed by atoms with Gasteiger partial charge >= 0.3 is 11.9 Å². The van der Waals surface area contributed by atoms with E-state index in [9.17, 15) is 9.59 Å². The van der Waals surface area contributed by atoms with E-state index in [-0.39, 0.29) is 6.61 Å². The number of alkyl halides is 1. The first-order valence-electron chi connectivity index (χ1n) is 4.50. The van der Waals surface area contributed by atoms with Gasteiger partial charge in [0.25, 0.3) is 0 Å². The number of carbonyl (C=O) groups is 2. The molecule has 14 heavy (non-hydrogen) atoms. The number of carbonyl (C=O) groups excluding carboxylic acids is 1. The highest BCUT2D eigenvalue weighted by molar-refractivity contribution is 6.24. The van der Waals surface area contributed by atoms with Crippen LogP contribution in [0.4, 0.5) is 0 Å². The van der Waals surface area contributed by atoms with Crippen LogP contribution < -0.4 is 0 Å². The molecule has 0 aromatic heterocycles. The lowest BCUT2D eigenvalue weighted by molar-refractivity contribution is -0.151. The zero-order valence-corrected chi connectivity index (χ0v) is 9.13. The van der Waals surface area contributed by atoms with Crippen molar-refractivity contribution in [2.45, 2.75) is 38.0 Å². The maximum atomic E-state index is 10.9. The van der Waals surface area contributed by atoms with Crippen LogP contribution in [0.2, 0.25) is 0 Å². The summed E-state index contributed by atoms with van der Waals surface area (Å²) in [5, 5.41) is 8.29. The Hall–Kier alpha value is -0.770. The monoisotopic (exact) mass is 222 g/mol. The molecule has 0 heterocycles. The molecule has 0 aromatic rings. The summed E-state index contributed by atoms with van der Waals surface area (Å²) in [5.41, 5.74) is 0. The van der Waals surface area contributed by atoms with Gasteiger partial charge < -0.3 is 9.84 Å². The maximum Gasteiger partial charge on any atom is 0.317 e. The number of esters is 1. The molecule has 4 nitrogen and oxygen atoms in total. The lowest BCUT2D eigenvalue weighted by atomic mass is 10.0. The van der Waals surface area contributed by atoms with Gasteiger partial charge in [-0.05, 0) is 12.8 Å². The van der Waals surface area contributed by atoms with Crippen molar-refractivity contribution in [3.05, 3.63) is 0 Å². The van der Waals surface area contributed by atoms with Crippen LogP contribution in [0.5, 0.6) is 0 Å². The normalized spacial score (nSPS) is 11.1. The summed E-state index contributed by atoms with van der Waals surface area (Å²) in [5.74, 6) is -1.94. The van der Waals surface area contributed by atoms with Gasteiger partial charge in [0.1, 0.15) is 13.0 Å². The van der Waals surface area contributed by atoms with E-state index in [0.717, 1.165) is 0 Å². The van der Waals surface area contributed by atoms with Gasteiger partial charge in [-0.1, -0.05) is 13.8 Å². The average Bonchev–Trinajstić information content (AvgIpc) is 2.13. The summed E-state index contributed by atoms with van der Waals surface area (Å²) in [6.07, 6.45) is 0.733. The van der Waals surface area contributed by atoms with E-state index in [4.69, 9.17) is 21.4 Å². The predicted molar refractivity (Wildman–Crippen MR) is 52.4 cm³/mol. The van der Waals surface area contributed by atoms with Crippen molar-refractivity contribution in [3.8, 4) is 0 Å². The molecule has 0 bridgehead atoms. The minimum absolute atomic E-state index is 0.0632. The molecule has 0 atom stereocenters. The number of halogens is 1. The molecule has 0 aromatic carbocycles. The minimum atomic E-state index is -1.19. The molecule has 0 aliphatic rings. The van der Waals surface area contributed by atoms with Gasteiger partial charge in [0.05, 0.1) is 4.87 Å². The number of hydrogen-bond acceptors (Lipinski definition) is 3. The van der Waals surface area contributed by atoms with E-state index in [1.165, 1.54) is 0 Å². The second kappa shape index (κ2) is 5.86. The summed E-state index contributed by atoms with van der Waals surface area (Å²) in [6.45, 7) is 3.84. The lowest BCUT2D eigenvalue weighted by Crippen LogP contribution is -2.28. The molecule has 1 N–H and O–H groups in total. The average molecular weight is 223 g/mol. The Morgan fingerprint density at radius 2 is 1.86 bits per heavy atom. The van der Waals surface area contributed by atoms with Crippen molar-refractivity contribution >= 4 is 23.5 Å². The van der Waals surface area contributed by atoms with Crippen molar-refractivity contribution in [1.82, 2.24) is 0 Å². The predicted octanol–water partition coefficient (Wildman–Crippen LogP) is 1.80. The van der Waals surface area contributed by atoms with Crippen molar-refractivity contribution in [1.29, 1.82) is 0 Å². The summed E-state index contributed by atoms with van der Waals surface area (Å²) in [4.78, 5) is 20.4. The zero-order valence-electron chi connectivity index (χ0n) is 8.38.